The van der Waals surface area contributed by atoms with Crippen LogP contribution >= 0.6 is 0 Å². The van der Waals surface area contributed by atoms with Crippen LogP contribution in [0.4, 0.5) is 0 Å². The molecule has 0 aromatic carbocycles. The average molecular weight is 309 g/mol. The van der Waals surface area contributed by atoms with Gasteiger partial charge in [0, 0.05) is 12.4 Å². The van der Waals surface area contributed by atoms with E-state index in [1.807, 2.05) is 0 Å². The highest BCUT2D eigenvalue weighted by Gasteiger charge is 2.67. The van der Waals surface area contributed by atoms with Gasteiger partial charge in [0.05, 0.1) is 17.4 Å². The summed E-state index contributed by atoms with van der Waals surface area (Å²) in [5, 5.41) is 0.947. The van der Waals surface area contributed by atoms with Gasteiger partial charge in [0.25, 0.3) is 17.7 Å². The van der Waals surface area contributed by atoms with Crippen molar-refractivity contribution in [3.05, 3.63) is 42.2 Å². The SMILES string of the molecule is O=C(NN1C(=O)[C@@H]2[C@H]3C=C[C@@H]([C@@H]4C[C@@H]34)[C@@H]2C1=O)c1cccnc1. The first kappa shape index (κ1) is 13.0. The van der Waals surface area contributed by atoms with E-state index in [4.69, 9.17) is 0 Å². The summed E-state index contributed by atoms with van der Waals surface area (Å²) in [6.07, 6.45) is 8.31. The fourth-order valence-corrected chi connectivity index (χ4v) is 4.73. The van der Waals surface area contributed by atoms with Gasteiger partial charge in [-0.15, -0.1) is 0 Å². The lowest BCUT2D eigenvalue weighted by molar-refractivity contribution is -0.143. The average Bonchev–Trinajstić information content (AvgIpc) is 3.37. The van der Waals surface area contributed by atoms with Crippen molar-refractivity contribution in [3.63, 3.8) is 0 Å². The van der Waals surface area contributed by atoms with E-state index in [0.29, 0.717) is 17.4 Å². The fourth-order valence-electron chi connectivity index (χ4n) is 4.73. The summed E-state index contributed by atoms with van der Waals surface area (Å²) in [4.78, 5) is 41.5. The molecule has 3 fully saturated rings. The van der Waals surface area contributed by atoms with Crippen LogP contribution in [0, 0.1) is 35.5 Å². The standard InChI is InChI=1S/C17H15N3O3/c21-15(8-2-1-5-18-7-8)19-20-16(22)13-9-3-4-10(12-6-11(9)12)14(13)17(20)23/h1-5,7,9-14H,6H2,(H,19,21)/t9-,10-,11-,12-,13-,14+/m0/s1. The maximum absolute atomic E-state index is 12.7. The second-order valence-corrected chi connectivity index (χ2v) is 6.85. The van der Waals surface area contributed by atoms with E-state index in [1.54, 1.807) is 18.3 Å². The van der Waals surface area contributed by atoms with Gasteiger partial charge in [-0.05, 0) is 42.2 Å². The Bertz CT molecular complexity index is 724. The van der Waals surface area contributed by atoms with Crippen molar-refractivity contribution in [2.45, 2.75) is 6.42 Å². The highest BCUT2D eigenvalue weighted by molar-refractivity contribution is 6.08. The smallest absolute Gasteiger partial charge is 0.271 e. The molecule has 2 saturated carbocycles. The quantitative estimate of drug-likeness (QED) is 0.647. The molecule has 2 bridgehead atoms. The third kappa shape index (κ3) is 1.63. The van der Waals surface area contributed by atoms with Crippen molar-refractivity contribution in [1.82, 2.24) is 15.4 Å². The molecule has 23 heavy (non-hydrogen) atoms. The molecule has 6 atom stereocenters. The summed E-state index contributed by atoms with van der Waals surface area (Å²) in [5.74, 6) is -0.175. The Kier molecular flexibility index (Phi) is 2.42. The van der Waals surface area contributed by atoms with E-state index < -0.39 is 5.91 Å². The zero-order valence-electron chi connectivity index (χ0n) is 12.3. The molecule has 1 aromatic rings. The number of nitrogens with one attached hydrogen (secondary N) is 1. The summed E-state index contributed by atoms with van der Waals surface area (Å²) in [7, 11) is 0. The van der Waals surface area contributed by atoms with E-state index in [-0.39, 0.29) is 35.5 Å². The number of nitrogens with zero attached hydrogens (tertiary/aromatic N) is 2. The minimum Gasteiger partial charge on any atom is -0.272 e. The topological polar surface area (TPSA) is 79.4 Å². The van der Waals surface area contributed by atoms with Crippen LogP contribution in [0.2, 0.25) is 0 Å². The zero-order chi connectivity index (χ0) is 15.7. The Labute approximate surface area is 132 Å². The number of pyridine rings is 1. The third-order valence-electron chi connectivity index (χ3n) is 5.80. The van der Waals surface area contributed by atoms with Crippen LogP contribution in [0.3, 0.4) is 0 Å². The summed E-state index contributed by atoms with van der Waals surface area (Å²) in [6, 6.07) is 3.24. The summed E-state index contributed by atoms with van der Waals surface area (Å²) in [5.41, 5.74) is 2.80. The van der Waals surface area contributed by atoms with Crippen LogP contribution in [-0.2, 0) is 9.59 Å². The maximum atomic E-state index is 12.7. The fraction of sp³-hybridized carbons (Fsp3) is 0.412. The zero-order valence-corrected chi connectivity index (χ0v) is 12.3. The van der Waals surface area contributed by atoms with Crippen LogP contribution in [0.1, 0.15) is 16.8 Å². The van der Waals surface area contributed by atoms with Crippen LogP contribution in [0.25, 0.3) is 0 Å². The van der Waals surface area contributed by atoms with Crippen LogP contribution in [0.15, 0.2) is 36.7 Å². The molecule has 0 radical (unpaired) electrons. The van der Waals surface area contributed by atoms with Crippen molar-refractivity contribution in [3.8, 4) is 0 Å². The van der Waals surface area contributed by atoms with Gasteiger partial charge >= 0.3 is 0 Å². The molecule has 1 saturated heterocycles. The highest BCUT2D eigenvalue weighted by atomic mass is 16.2. The number of hydrazine groups is 1. The molecule has 2 heterocycles. The minimum atomic E-state index is -0.482. The van der Waals surface area contributed by atoms with Gasteiger partial charge in [0.1, 0.15) is 0 Å². The number of rotatable bonds is 2. The van der Waals surface area contributed by atoms with Gasteiger partial charge in [0.15, 0.2) is 0 Å². The Morgan fingerprint density at radius 1 is 1.13 bits per heavy atom. The third-order valence-corrected chi connectivity index (χ3v) is 5.80. The Hall–Kier alpha value is -2.50. The number of amides is 3. The monoisotopic (exact) mass is 309 g/mol. The van der Waals surface area contributed by atoms with Gasteiger partial charge < -0.3 is 0 Å². The molecular formula is C17H15N3O3. The molecule has 1 aromatic heterocycles. The molecular weight excluding hydrogens is 294 g/mol. The summed E-state index contributed by atoms with van der Waals surface area (Å²) >= 11 is 0. The van der Waals surface area contributed by atoms with Gasteiger partial charge in [0.2, 0.25) is 0 Å². The van der Waals surface area contributed by atoms with Gasteiger partial charge in [-0.25, -0.2) is 0 Å². The number of imide groups is 1. The molecule has 0 spiro atoms. The predicted molar refractivity (Wildman–Crippen MR) is 78.3 cm³/mol. The van der Waals surface area contributed by atoms with Crippen molar-refractivity contribution in [2.24, 2.45) is 35.5 Å². The molecule has 1 aliphatic heterocycles. The number of carbonyl (C=O) groups excluding carboxylic acids is 3. The molecule has 116 valence electrons. The van der Waals surface area contributed by atoms with Crippen molar-refractivity contribution in [1.29, 1.82) is 0 Å². The Morgan fingerprint density at radius 3 is 2.35 bits per heavy atom. The van der Waals surface area contributed by atoms with Gasteiger partial charge in [-0.1, -0.05) is 12.2 Å². The van der Waals surface area contributed by atoms with E-state index in [2.05, 4.69) is 22.6 Å². The number of allylic oxidation sites excluding steroid dienone is 2. The molecule has 5 aliphatic rings. The predicted octanol–water partition coefficient (Wildman–Crippen LogP) is 0.779. The number of aromatic nitrogens is 1. The molecule has 6 rings (SSSR count). The lowest BCUT2D eigenvalue weighted by Gasteiger charge is -2.37. The van der Waals surface area contributed by atoms with Crippen molar-refractivity contribution >= 4 is 17.7 Å². The van der Waals surface area contributed by atoms with E-state index >= 15 is 0 Å². The van der Waals surface area contributed by atoms with E-state index in [9.17, 15) is 14.4 Å². The first-order valence-electron chi connectivity index (χ1n) is 7.94. The molecule has 6 nitrogen and oxygen atoms in total. The van der Waals surface area contributed by atoms with Gasteiger partial charge in [-0.3, -0.25) is 24.8 Å². The summed E-state index contributed by atoms with van der Waals surface area (Å²) < 4.78 is 0. The second-order valence-electron chi connectivity index (χ2n) is 6.85. The maximum Gasteiger partial charge on any atom is 0.271 e. The van der Waals surface area contributed by atoms with Crippen LogP contribution in [-0.4, -0.2) is 27.7 Å². The minimum absolute atomic E-state index is 0.159. The number of hydrogen-bond acceptors (Lipinski definition) is 4. The molecule has 0 unspecified atom stereocenters. The van der Waals surface area contributed by atoms with Crippen molar-refractivity contribution in [2.75, 3.05) is 0 Å². The first-order valence-corrected chi connectivity index (χ1v) is 7.94. The van der Waals surface area contributed by atoms with E-state index in [1.165, 1.54) is 6.20 Å². The number of carbonyl (C=O) groups is 3. The van der Waals surface area contributed by atoms with E-state index in [0.717, 1.165) is 11.4 Å². The Morgan fingerprint density at radius 2 is 1.78 bits per heavy atom. The highest BCUT2D eigenvalue weighted by Crippen LogP contribution is 2.65. The molecule has 4 aliphatic carbocycles. The molecule has 6 heteroatoms. The summed E-state index contributed by atoms with van der Waals surface area (Å²) in [6.45, 7) is 0. The first-order chi connectivity index (χ1) is 11.2. The largest absolute Gasteiger partial charge is 0.272 e. The lowest BCUT2D eigenvalue weighted by atomic mass is 9.63. The van der Waals surface area contributed by atoms with Crippen molar-refractivity contribution < 1.29 is 14.4 Å². The normalized spacial score (nSPS) is 39.2. The van der Waals surface area contributed by atoms with Crippen LogP contribution < -0.4 is 5.43 Å². The Balaban J connectivity index is 1.42. The van der Waals surface area contributed by atoms with Crippen LogP contribution in [0.5, 0.6) is 0 Å². The molecule has 1 N–H and O–H groups in total. The number of hydrogen-bond donors (Lipinski definition) is 1. The lowest BCUT2D eigenvalue weighted by Crippen LogP contribution is -2.46. The second kappa shape index (κ2) is 4.28. The molecule has 3 amide bonds. The van der Waals surface area contributed by atoms with Gasteiger partial charge in [-0.2, -0.15) is 5.01 Å².